The third kappa shape index (κ3) is 4.62. The van der Waals surface area contributed by atoms with Crippen LogP contribution >= 0.6 is 0 Å². The summed E-state index contributed by atoms with van der Waals surface area (Å²) in [6.07, 6.45) is 2.77. The summed E-state index contributed by atoms with van der Waals surface area (Å²) < 4.78 is 31.1. The van der Waals surface area contributed by atoms with E-state index in [4.69, 9.17) is 23.7 Å². The number of Topliss-reactive ketones (excluding diaryl/α,β-unsaturated/α-hetero) is 1. The topological polar surface area (TPSA) is 124 Å². The van der Waals surface area contributed by atoms with Gasteiger partial charge in [-0.15, -0.1) is 0 Å². The Bertz CT molecular complexity index is 1670. The number of benzene rings is 2. The van der Waals surface area contributed by atoms with Gasteiger partial charge >= 0.3 is 5.97 Å². The molecular formula is C41H53NO9. The van der Waals surface area contributed by atoms with Crippen LogP contribution in [0.5, 0.6) is 5.75 Å². The SMILES string of the molecule is CCCOc1ccc(C(=O)Cc2ccccc2C(=O)O[C@@]23CC[C@H](OC)C45C2CC([C@H]4N(CC)C3)[C@@]2(O)C[C@H](OC)[C@H]3CC5[C@]2(O)[C@H]3OC)cc1. The molecule has 2 aromatic rings. The highest BCUT2D eigenvalue weighted by atomic mass is 16.6. The molecule has 2 N–H and O–H groups in total. The summed E-state index contributed by atoms with van der Waals surface area (Å²) in [5.41, 5.74) is -2.84. The second kappa shape index (κ2) is 12.6. The molecule has 10 nitrogen and oxygen atoms in total. The molecule has 6 fully saturated rings. The molecule has 12 atom stereocenters. The molecule has 0 radical (unpaired) electrons. The quantitative estimate of drug-likeness (QED) is 0.242. The zero-order chi connectivity index (χ0) is 35.9. The fourth-order valence-electron chi connectivity index (χ4n) is 12.8. The second-order valence-corrected chi connectivity index (χ2v) is 16.1. The molecule has 51 heavy (non-hydrogen) atoms. The summed E-state index contributed by atoms with van der Waals surface area (Å²) in [6, 6.07) is 14.3. The molecule has 1 heterocycles. The van der Waals surface area contributed by atoms with Crippen molar-refractivity contribution in [2.24, 2.45) is 29.1 Å². The average Bonchev–Trinajstić information content (AvgIpc) is 3.57. The van der Waals surface area contributed by atoms with Crippen LogP contribution in [0.25, 0.3) is 0 Å². The number of hydrogen-bond donors (Lipinski definition) is 2. The van der Waals surface area contributed by atoms with Crippen molar-refractivity contribution in [3.05, 3.63) is 65.2 Å². The number of ketones is 1. The Morgan fingerprint density at radius 2 is 1.71 bits per heavy atom. The Morgan fingerprint density at radius 3 is 2.39 bits per heavy atom. The highest BCUT2D eigenvalue weighted by molar-refractivity contribution is 6.00. The fourth-order valence-corrected chi connectivity index (χ4v) is 12.8. The highest BCUT2D eigenvalue weighted by Gasteiger charge is 2.89. The number of likely N-dealkylation sites (N-methyl/N-ethyl adjacent to an activating group) is 1. The molecule has 5 aliphatic carbocycles. The van der Waals surface area contributed by atoms with Crippen LogP contribution in [-0.4, -0.2) is 109 Å². The van der Waals surface area contributed by atoms with Gasteiger partial charge in [0.1, 0.15) is 22.6 Å². The minimum absolute atomic E-state index is 0.0559. The maximum Gasteiger partial charge on any atom is 0.339 e. The number of aliphatic hydroxyl groups is 2. The number of methoxy groups -OCH3 is 3. The predicted octanol–water partition coefficient (Wildman–Crippen LogP) is 4.48. The maximum absolute atomic E-state index is 14.5. The van der Waals surface area contributed by atoms with Crippen LogP contribution in [0, 0.1) is 29.1 Å². The smallest absolute Gasteiger partial charge is 0.339 e. The molecule has 0 amide bonds. The third-order valence-corrected chi connectivity index (χ3v) is 14.4. The molecule has 8 rings (SSSR count). The number of likely N-dealkylation sites (tertiary alicyclic amines) is 1. The van der Waals surface area contributed by atoms with Crippen LogP contribution in [0.1, 0.15) is 78.7 Å². The number of fused-ring (bicyclic) bond motifs is 2. The Balaban J connectivity index is 1.15. The second-order valence-electron chi connectivity index (χ2n) is 16.1. The van der Waals surface area contributed by atoms with Crippen molar-refractivity contribution in [2.45, 2.75) is 100.0 Å². The zero-order valence-corrected chi connectivity index (χ0v) is 30.5. The van der Waals surface area contributed by atoms with E-state index in [9.17, 15) is 19.8 Å². The largest absolute Gasteiger partial charge is 0.494 e. The number of rotatable bonds is 12. The molecular weight excluding hydrogens is 650 g/mol. The first-order valence-corrected chi connectivity index (χ1v) is 18.9. The number of esters is 1. The van der Waals surface area contributed by atoms with E-state index < -0.39 is 34.3 Å². The molecule has 276 valence electrons. The van der Waals surface area contributed by atoms with Crippen molar-refractivity contribution in [2.75, 3.05) is 41.0 Å². The van der Waals surface area contributed by atoms with Crippen LogP contribution in [0.15, 0.2) is 48.5 Å². The summed E-state index contributed by atoms with van der Waals surface area (Å²) in [4.78, 5) is 30.4. The van der Waals surface area contributed by atoms with Gasteiger partial charge < -0.3 is 33.9 Å². The van der Waals surface area contributed by atoms with E-state index >= 15 is 0 Å². The molecule has 1 spiro atoms. The zero-order valence-electron chi connectivity index (χ0n) is 30.5. The van der Waals surface area contributed by atoms with Crippen LogP contribution in [0.3, 0.4) is 0 Å². The Labute approximate surface area is 300 Å². The molecule has 0 aromatic heterocycles. The molecule has 1 saturated heterocycles. The average molecular weight is 704 g/mol. The summed E-state index contributed by atoms with van der Waals surface area (Å²) in [7, 11) is 5.08. The van der Waals surface area contributed by atoms with Crippen molar-refractivity contribution in [1.82, 2.24) is 4.90 Å². The van der Waals surface area contributed by atoms with Crippen molar-refractivity contribution in [1.29, 1.82) is 0 Å². The molecule has 6 aliphatic rings. The van der Waals surface area contributed by atoms with E-state index in [2.05, 4.69) is 11.8 Å². The van der Waals surface area contributed by atoms with Gasteiger partial charge in [0.2, 0.25) is 0 Å². The first kappa shape index (κ1) is 35.2. The Kier molecular flexibility index (Phi) is 8.71. The lowest BCUT2D eigenvalue weighted by atomic mass is 9.44. The predicted molar refractivity (Wildman–Crippen MR) is 188 cm³/mol. The molecule has 4 unspecified atom stereocenters. The standard InChI is InChI=1S/C41H53NO9/c1-6-18-50-26-14-12-24(13-15-26)30(43)19-25-10-8-9-11-27(25)37(44)51-38-17-16-34(48-4)40-32(38)21-29(35(40)42(7-2)23-38)39(45)22-31(47-3)28-20-33(40)41(39,46)36(28)49-5/h8-15,28-29,31-36,45-46H,6-7,16-23H2,1-5H3/t28-,29?,31+,32?,33?,34+,35-,36+,38-,39+,40?,41+/m1/s1. The summed E-state index contributed by atoms with van der Waals surface area (Å²) in [5.74, 6) is -0.687. The van der Waals surface area contributed by atoms with Gasteiger partial charge in [-0.1, -0.05) is 32.0 Å². The third-order valence-electron chi connectivity index (χ3n) is 14.4. The fraction of sp³-hybridized carbons (Fsp3) is 0.659. The van der Waals surface area contributed by atoms with E-state index in [1.165, 1.54) is 0 Å². The monoisotopic (exact) mass is 703 g/mol. The highest BCUT2D eigenvalue weighted by Crippen LogP contribution is 2.79. The van der Waals surface area contributed by atoms with Gasteiger partial charge in [0.05, 0.1) is 30.5 Å². The lowest BCUT2D eigenvalue weighted by Gasteiger charge is -2.70. The van der Waals surface area contributed by atoms with Crippen LogP contribution in [-0.2, 0) is 25.4 Å². The molecule has 1 aliphatic heterocycles. The maximum atomic E-state index is 14.5. The molecule has 10 heteroatoms. The summed E-state index contributed by atoms with van der Waals surface area (Å²) in [5, 5.41) is 26.0. The lowest BCUT2D eigenvalue weighted by Crippen LogP contribution is -2.83. The Morgan fingerprint density at radius 1 is 0.941 bits per heavy atom. The van der Waals surface area contributed by atoms with E-state index in [1.54, 1.807) is 51.7 Å². The van der Waals surface area contributed by atoms with Crippen LogP contribution in [0.4, 0.5) is 0 Å². The number of piperidine rings is 1. The number of nitrogens with zero attached hydrogens (tertiary/aromatic N) is 1. The van der Waals surface area contributed by atoms with Crippen molar-refractivity contribution < 1.29 is 43.5 Å². The van der Waals surface area contributed by atoms with Crippen LogP contribution in [0.2, 0.25) is 0 Å². The van der Waals surface area contributed by atoms with E-state index in [0.717, 1.165) is 12.2 Å². The van der Waals surface area contributed by atoms with E-state index in [1.807, 2.05) is 25.1 Å². The Hall–Kier alpha value is -2.86. The van der Waals surface area contributed by atoms with Gasteiger partial charge in [-0.05, 0) is 74.5 Å². The summed E-state index contributed by atoms with van der Waals surface area (Å²) in [6.45, 7) is 6.02. The van der Waals surface area contributed by atoms with Crippen molar-refractivity contribution in [3.8, 4) is 5.75 Å². The molecule has 5 saturated carbocycles. The molecule has 2 aromatic carbocycles. The van der Waals surface area contributed by atoms with Gasteiger partial charge in [-0.2, -0.15) is 0 Å². The number of hydrogen-bond acceptors (Lipinski definition) is 10. The van der Waals surface area contributed by atoms with E-state index in [0.29, 0.717) is 68.5 Å². The molecule has 7 bridgehead atoms. The number of ether oxygens (including phenoxy) is 5. The van der Waals surface area contributed by atoms with Crippen LogP contribution < -0.4 is 4.74 Å². The first-order chi connectivity index (χ1) is 24.6. The number of carbonyl (C=O) groups is 2. The van der Waals surface area contributed by atoms with Crippen molar-refractivity contribution in [3.63, 3.8) is 0 Å². The van der Waals surface area contributed by atoms with Gasteiger partial charge in [0.25, 0.3) is 0 Å². The van der Waals surface area contributed by atoms with Gasteiger partial charge in [-0.25, -0.2) is 4.79 Å². The van der Waals surface area contributed by atoms with Gasteiger partial charge in [-0.3, -0.25) is 9.69 Å². The summed E-state index contributed by atoms with van der Waals surface area (Å²) >= 11 is 0. The first-order valence-electron chi connectivity index (χ1n) is 18.9. The normalized spacial score (nSPS) is 41.7. The minimum Gasteiger partial charge on any atom is -0.494 e. The minimum atomic E-state index is -1.49. The van der Waals surface area contributed by atoms with Gasteiger partial charge in [0, 0.05) is 81.4 Å². The number of carbonyl (C=O) groups excluding carboxylic acids is 2. The van der Waals surface area contributed by atoms with Crippen molar-refractivity contribution >= 4 is 11.8 Å². The van der Waals surface area contributed by atoms with Gasteiger partial charge in [0.15, 0.2) is 5.78 Å². The lowest BCUT2D eigenvalue weighted by molar-refractivity contribution is -0.337. The van der Waals surface area contributed by atoms with E-state index in [-0.39, 0.29) is 54.1 Å².